The van der Waals surface area contributed by atoms with Gasteiger partial charge in [0.2, 0.25) is 0 Å². The number of fused-ring (bicyclic) bond motifs is 2. The van der Waals surface area contributed by atoms with Crippen LogP contribution < -0.4 is 10.2 Å². The van der Waals surface area contributed by atoms with Crippen LogP contribution in [0.3, 0.4) is 0 Å². The van der Waals surface area contributed by atoms with Crippen LogP contribution in [0.4, 0.5) is 5.69 Å². The minimum absolute atomic E-state index is 0.418. The average Bonchev–Trinajstić information content (AvgIpc) is 2.64. The number of nitrogens with one attached hydrogen (secondary N) is 1. The summed E-state index contributed by atoms with van der Waals surface area (Å²) in [6.07, 6.45) is 2.58. The summed E-state index contributed by atoms with van der Waals surface area (Å²) in [6.45, 7) is 11.6. The van der Waals surface area contributed by atoms with Gasteiger partial charge >= 0.3 is 0 Å². The van der Waals surface area contributed by atoms with Gasteiger partial charge in [-0.2, -0.15) is 0 Å². The Morgan fingerprint density at radius 2 is 2.00 bits per heavy atom. The molecule has 0 aromatic heterocycles. The molecule has 1 fully saturated rings. The highest BCUT2D eigenvalue weighted by molar-refractivity contribution is 5.64. The van der Waals surface area contributed by atoms with Crippen molar-refractivity contribution >= 4 is 5.69 Å². The number of anilines is 1. The van der Waals surface area contributed by atoms with Crippen molar-refractivity contribution in [3.8, 4) is 0 Å². The molecule has 2 nitrogen and oxygen atoms in total. The van der Waals surface area contributed by atoms with E-state index in [0.717, 1.165) is 5.92 Å². The van der Waals surface area contributed by atoms with Crippen LogP contribution in [0.1, 0.15) is 37.8 Å². The number of aryl methyl sites for hydroxylation is 1. The van der Waals surface area contributed by atoms with E-state index in [2.05, 4.69) is 49.2 Å². The van der Waals surface area contributed by atoms with E-state index in [4.69, 9.17) is 0 Å². The summed E-state index contributed by atoms with van der Waals surface area (Å²) >= 11 is 0. The molecule has 0 amide bonds. The number of hydrogen-bond acceptors (Lipinski definition) is 2. The van der Waals surface area contributed by atoms with Gasteiger partial charge in [-0.05, 0) is 50.4 Å². The molecule has 1 N–H and O–H groups in total. The maximum absolute atomic E-state index is 3.52. The molecular formula is C17H26N2. The first-order valence-electron chi connectivity index (χ1n) is 7.67. The van der Waals surface area contributed by atoms with Gasteiger partial charge < -0.3 is 10.2 Å². The fraction of sp³-hybridized carbons (Fsp3) is 0.647. The van der Waals surface area contributed by atoms with Crippen LogP contribution in [0, 0.1) is 12.8 Å². The summed E-state index contributed by atoms with van der Waals surface area (Å²) in [5.74, 6) is 0.728. The maximum atomic E-state index is 3.52. The van der Waals surface area contributed by atoms with E-state index in [1.54, 1.807) is 5.56 Å². The van der Waals surface area contributed by atoms with Crippen molar-refractivity contribution < 1.29 is 0 Å². The third-order valence-electron chi connectivity index (χ3n) is 4.70. The molecule has 3 rings (SSSR count). The fourth-order valence-corrected chi connectivity index (χ4v) is 3.82. The number of hydrogen-bond donors (Lipinski definition) is 1. The molecule has 2 aliphatic rings. The van der Waals surface area contributed by atoms with Crippen LogP contribution >= 0.6 is 0 Å². The molecule has 0 aliphatic carbocycles. The lowest BCUT2D eigenvalue weighted by Crippen LogP contribution is -2.43. The highest BCUT2D eigenvalue weighted by Gasteiger charge is 2.43. The zero-order valence-corrected chi connectivity index (χ0v) is 12.5. The number of benzene rings is 1. The Morgan fingerprint density at radius 1 is 1.26 bits per heavy atom. The van der Waals surface area contributed by atoms with Crippen molar-refractivity contribution in [1.29, 1.82) is 0 Å². The van der Waals surface area contributed by atoms with Gasteiger partial charge in [0.1, 0.15) is 0 Å². The van der Waals surface area contributed by atoms with Crippen LogP contribution in [0.25, 0.3) is 0 Å². The van der Waals surface area contributed by atoms with Gasteiger partial charge in [-0.3, -0.25) is 0 Å². The zero-order chi connectivity index (χ0) is 13.5. The number of piperidine rings is 1. The van der Waals surface area contributed by atoms with E-state index >= 15 is 0 Å². The first-order valence-corrected chi connectivity index (χ1v) is 7.67. The third kappa shape index (κ3) is 2.27. The normalized spacial score (nSPS) is 21.2. The van der Waals surface area contributed by atoms with E-state index in [9.17, 15) is 0 Å². The molecule has 0 radical (unpaired) electrons. The highest BCUT2D eigenvalue weighted by atomic mass is 15.2. The van der Waals surface area contributed by atoms with Crippen molar-refractivity contribution in [2.45, 2.75) is 39.0 Å². The summed E-state index contributed by atoms with van der Waals surface area (Å²) in [4.78, 5) is 2.63. The maximum Gasteiger partial charge on any atom is 0.0405 e. The van der Waals surface area contributed by atoms with E-state index in [1.165, 1.54) is 50.3 Å². The summed E-state index contributed by atoms with van der Waals surface area (Å²) < 4.78 is 0. The third-order valence-corrected chi connectivity index (χ3v) is 4.70. The van der Waals surface area contributed by atoms with Crippen molar-refractivity contribution in [2.24, 2.45) is 5.92 Å². The van der Waals surface area contributed by atoms with Gasteiger partial charge in [-0.1, -0.05) is 31.5 Å². The molecule has 1 saturated heterocycles. The van der Waals surface area contributed by atoms with Gasteiger partial charge in [0.15, 0.2) is 0 Å². The monoisotopic (exact) mass is 258 g/mol. The minimum atomic E-state index is 0.418. The Morgan fingerprint density at radius 3 is 2.68 bits per heavy atom. The molecule has 1 aromatic rings. The second-order valence-corrected chi connectivity index (χ2v) is 6.83. The smallest absolute Gasteiger partial charge is 0.0405 e. The lowest BCUT2D eigenvalue weighted by atomic mass is 9.74. The Hall–Kier alpha value is -1.02. The molecule has 0 bridgehead atoms. The van der Waals surface area contributed by atoms with Crippen LogP contribution in [0.5, 0.6) is 0 Å². The van der Waals surface area contributed by atoms with E-state index in [-0.39, 0.29) is 0 Å². The summed E-state index contributed by atoms with van der Waals surface area (Å²) in [7, 11) is 0. The van der Waals surface area contributed by atoms with Crippen molar-refractivity contribution in [3.05, 3.63) is 29.3 Å². The molecular weight excluding hydrogens is 232 g/mol. The Bertz CT molecular complexity index is 458. The predicted octanol–water partition coefficient (Wildman–Crippen LogP) is 3.09. The predicted molar refractivity (Wildman–Crippen MR) is 82.0 cm³/mol. The first kappa shape index (κ1) is 13.0. The van der Waals surface area contributed by atoms with Gasteiger partial charge in [-0.15, -0.1) is 0 Å². The average molecular weight is 258 g/mol. The molecule has 2 heterocycles. The SMILES string of the molecule is Cc1ccc2c(c1)C1(CCNCC1)CN2CC(C)C. The highest BCUT2D eigenvalue weighted by Crippen LogP contribution is 2.46. The Balaban J connectivity index is 1.99. The molecule has 104 valence electrons. The molecule has 0 saturated carbocycles. The fourth-order valence-electron chi connectivity index (χ4n) is 3.82. The molecule has 2 heteroatoms. The van der Waals surface area contributed by atoms with Crippen LogP contribution in [0.2, 0.25) is 0 Å². The Labute approximate surface area is 117 Å². The second kappa shape index (κ2) is 4.82. The molecule has 0 unspecified atom stereocenters. The van der Waals surface area contributed by atoms with Gasteiger partial charge in [-0.25, -0.2) is 0 Å². The molecule has 1 aromatic carbocycles. The zero-order valence-electron chi connectivity index (χ0n) is 12.5. The largest absolute Gasteiger partial charge is 0.370 e. The van der Waals surface area contributed by atoms with E-state index < -0.39 is 0 Å². The molecule has 0 atom stereocenters. The van der Waals surface area contributed by atoms with Crippen LogP contribution in [0.15, 0.2) is 18.2 Å². The number of nitrogens with zero attached hydrogens (tertiary/aromatic N) is 1. The van der Waals surface area contributed by atoms with E-state index in [1.807, 2.05) is 0 Å². The van der Waals surface area contributed by atoms with Gasteiger partial charge in [0.25, 0.3) is 0 Å². The van der Waals surface area contributed by atoms with Crippen molar-refractivity contribution in [3.63, 3.8) is 0 Å². The summed E-state index contributed by atoms with van der Waals surface area (Å²) in [5.41, 5.74) is 4.94. The van der Waals surface area contributed by atoms with Crippen LogP contribution in [-0.4, -0.2) is 26.2 Å². The van der Waals surface area contributed by atoms with Gasteiger partial charge in [0.05, 0.1) is 0 Å². The number of rotatable bonds is 2. The minimum Gasteiger partial charge on any atom is -0.370 e. The van der Waals surface area contributed by atoms with E-state index in [0.29, 0.717) is 5.41 Å². The summed E-state index contributed by atoms with van der Waals surface area (Å²) in [6, 6.07) is 7.07. The first-order chi connectivity index (χ1) is 9.11. The summed E-state index contributed by atoms with van der Waals surface area (Å²) in [5, 5.41) is 3.52. The lowest BCUT2D eigenvalue weighted by Gasteiger charge is -2.35. The van der Waals surface area contributed by atoms with Crippen LogP contribution in [-0.2, 0) is 5.41 Å². The quantitative estimate of drug-likeness (QED) is 0.877. The Kier molecular flexibility index (Phi) is 3.30. The second-order valence-electron chi connectivity index (χ2n) is 6.83. The molecule has 1 spiro atoms. The molecule has 2 aliphatic heterocycles. The van der Waals surface area contributed by atoms with Crippen molar-refractivity contribution in [1.82, 2.24) is 5.32 Å². The molecule has 19 heavy (non-hydrogen) atoms. The lowest BCUT2D eigenvalue weighted by molar-refractivity contribution is 0.323. The van der Waals surface area contributed by atoms with Crippen molar-refractivity contribution in [2.75, 3.05) is 31.1 Å². The van der Waals surface area contributed by atoms with Gasteiger partial charge in [0, 0.05) is 24.2 Å². The standard InChI is InChI=1S/C17H26N2/c1-13(2)11-19-12-17(6-8-18-9-7-17)15-10-14(3)4-5-16(15)19/h4-5,10,13,18H,6-9,11-12H2,1-3H3. The topological polar surface area (TPSA) is 15.3 Å².